The zero-order valence-corrected chi connectivity index (χ0v) is 20.8. The van der Waals surface area contributed by atoms with E-state index in [0.29, 0.717) is 35.3 Å². The highest BCUT2D eigenvalue weighted by Crippen LogP contribution is 2.35. The topological polar surface area (TPSA) is 69.8 Å². The molecule has 1 aliphatic heterocycles. The van der Waals surface area contributed by atoms with Gasteiger partial charge in [-0.2, -0.15) is 0 Å². The standard InChI is InChI=1S/C26H32N4O3S/c1-4-29(5-2)11-12-30(26(34)27-18(3)19-9-7-6-8-10-19)16-21-13-20-14-23-24(33-17-32-23)15-22(20)28-25(21)31/h6-10,13-15,18H,4-5,11-12,16-17H2,1-3H3,(H,27,34)(H,28,31)/t18-/m1/s1. The van der Waals surface area contributed by atoms with E-state index in [-0.39, 0.29) is 18.4 Å². The lowest BCUT2D eigenvalue weighted by Crippen LogP contribution is -2.44. The second-order valence-electron chi connectivity index (χ2n) is 8.45. The molecule has 2 aromatic carbocycles. The predicted molar refractivity (Wildman–Crippen MR) is 139 cm³/mol. The lowest BCUT2D eigenvalue weighted by atomic mass is 10.1. The number of nitrogens with one attached hydrogen (secondary N) is 2. The van der Waals surface area contributed by atoms with Gasteiger partial charge in [0.15, 0.2) is 16.6 Å². The molecule has 0 saturated heterocycles. The molecule has 3 aromatic rings. The summed E-state index contributed by atoms with van der Waals surface area (Å²) in [7, 11) is 0. The molecule has 0 fully saturated rings. The van der Waals surface area contributed by atoms with Gasteiger partial charge < -0.3 is 29.6 Å². The molecular formula is C26H32N4O3S. The Morgan fingerprint density at radius 2 is 1.79 bits per heavy atom. The summed E-state index contributed by atoms with van der Waals surface area (Å²) in [6.07, 6.45) is 0. The Bertz CT molecular complexity index is 1190. The Kier molecular flexibility index (Phi) is 7.70. The number of fused-ring (bicyclic) bond motifs is 2. The van der Waals surface area contributed by atoms with Gasteiger partial charge in [0.2, 0.25) is 6.79 Å². The molecule has 0 amide bonds. The highest BCUT2D eigenvalue weighted by molar-refractivity contribution is 7.80. The van der Waals surface area contributed by atoms with Crippen LogP contribution in [0.15, 0.2) is 53.3 Å². The van der Waals surface area contributed by atoms with Crippen molar-refractivity contribution in [3.8, 4) is 11.5 Å². The average molecular weight is 481 g/mol. The molecule has 180 valence electrons. The lowest BCUT2D eigenvalue weighted by Gasteiger charge is -2.30. The van der Waals surface area contributed by atoms with Crippen LogP contribution in [0.25, 0.3) is 10.9 Å². The quantitative estimate of drug-likeness (QED) is 0.448. The van der Waals surface area contributed by atoms with Crippen LogP contribution in [0, 0.1) is 0 Å². The minimum Gasteiger partial charge on any atom is -0.454 e. The number of hydrogen-bond donors (Lipinski definition) is 2. The van der Waals surface area contributed by atoms with E-state index in [1.807, 2.05) is 36.4 Å². The van der Waals surface area contributed by atoms with Crippen molar-refractivity contribution in [3.63, 3.8) is 0 Å². The summed E-state index contributed by atoms with van der Waals surface area (Å²) in [6, 6.07) is 15.9. The van der Waals surface area contributed by atoms with Gasteiger partial charge in [-0.05, 0) is 49.9 Å². The van der Waals surface area contributed by atoms with Crippen LogP contribution in [0.4, 0.5) is 0 Å². The SMILES string of the molecule is CCN(CC)CCN(Cc1cc2cc3c(cc2[nH]c1=O)OCO3)C(=S)N[C@H](C)c1ccccc1. The number of aromatic amines is 1. The van der Waals surface area contributed by atoms with Crippen LogP contribution in [0.3, 0.4) is 0 Å². The number of thiocarbonyl (C=S) groups is 1. The summed E-state index contributed by atoms with van der Waals surface area (Å²) in [5.41, 5.74) is 2.42. The highest BCUT2D eigenvalue weighted by Gasteiger charge is 2.19. The van der Waals surface area contributed by atoms with E-state index in [2.05, 4.69) is 53.0 Å². The first-order chi connectivity index (χ1) is 16.5. The molecule has 2 heterocycles. The summed E-state index contributed by atoms with van der Waals surface area (Å²) in [5, 5.41) is 4.99. The van der Waals surface area contributed by atoms with E-state index in [4.69, 9.17) is 21.7 Å². The minimum absolute atomic E-state index is 0.0549. The maximum Gasteiger partial charge on any atom is 0.253 e. The van der Waals surface area contributed by atoms with Gasteiger partial charge in [-0.15, -0.1) is 0 Å². The maximum atomic E-state index is 13.0. The van der Waals surface area contributed by atoms with E-state index in [0.717, 1.165) is 36.1 Å². The van der Waals surface area contributed by atoms with E-state index < -0.39 is 0 Å². The number of nitrogens with zero attached hydrogens (tertiary/aromatic N) is 2. The molecular weight excluding hydrogens is 448 g/mol. The van der Waals surface area contributed by atoms with Crippen molar-refractivity contribution in [2.24, 2.45) is 0 Å². The van der Waals surface area contributed by atoms with E-state index >= 15 is 0 Å². The molecule has 0 radical (unpaired) electrons. The average Bonchev–Trinajstić information content (AvgIpc) is 3.30. The first-order valence-corrected chi connectivity index (χ1v) is 12.2. The van der Waals surface area contributed by atoms with Gasteiger partial charge in [-0.25, -0.2) is 0 Å². The summed E-state index contributed by atoms with van der Waals surface area (Å²) in [6.45, 7) is 10.5. The second kappa shape index (κ2) is 10.9. The summed E-state index contributed by atoms with van der Waals surface area (Å²) >= 11 is 5.83. The number of benzene rings is 2. The molecule has 0 aliphatic carbocycles. The fourth-order valence-electron chi connectivity index (χ4n) is 4.12. The number of aromatic nitrogens is 1. The van der Waals surface area contributed by atoms with Gasteiger partial charge in [-0.1, -0.05) is 44.2 Å². The summed E-state index contributed by atoms with van der Waals surface area (Å²) in [4.78, 5) is 20.4. The van der Waals surface area contributed by atoms with Gasteiger partial charge >= 0.3 is 0 Å². The number of rotatable bonds is 9. The van der Waals surface area contributed by atoms with Crippen LogP contribution < -0.4 is 20.3 Å². The highest BCUT2D eigenvalue weighted by atomic mass is 32.1. The molecule has 0 spiro atoms. The molecule has 7 nitrogen and oxygen atoms in total. The molecule has 34 heavy (non-hydrogen) atoms. The third-order valence-corrected chi connectivity index (χ3v) is 6.66. The van der Waals surface area contributed by atoms with Crippen LogP contribution in [0.1, 0.15) is 37.9 Å². The van der Waals surface area contributed by atoms with Crippen LogP contribution in [-0.4, -0.2) is 52.9 Å². The van der Waals surface area contributed by atoms with Crippen LogP contribution in [0.5, 0.6) is 11.5 Å². The zero-order chi connectivity index (χ0) is 24.1. The molecule has 1 aromatic heterocycles. The van der Waals surface area contributed by atoms with Crippen molar-refractivity contribution in [1.82, 2.24) is 20.1 Å². The van der Waals surface area contributed by atoms with Crippen molar-refractivity contribution < 1.29 is 9.47 Å². The normalized spacial score (nSPS) is 13.3. The number of ether oxygens (including phenoxy) is 2. The molecule has 0 saturated carbocycles. The summed E-state index contributed by atoms with van der Waals surface area (Å²) < 4.78 is 10.9. The van der Waals surface area contributed by atoms with Crippen molar-refractivity contribution >= 4 is 28.2 Å². The Morgan fingerprint density at radius 3 is 2.50 bits per heavy atom. The fourth-order valence-corrected chi connectivity index (χ4v) is 4.45. The monoisotopic (exact) mass is 480 g/mol. The Morgan fingerprint density at radius 1 is 1.09 bits per heavy atom. The molecule has 2 N–H and O–H groups in total. The Hall–Kier alpha value is -3.10. The Balaban J connectivity index is 1.57. The minimum atomic E-state index is -0.127. The maximum absolute atomic E-state index is 13.0. The van der Waals surface area contributed by atoms with Crippen molar-refractivity contribution in [1.29, 1.82) is 0 Å². The predicted octanol–water partition coefficient (Wildman–Crippen LogP) is 4.04. The third-order valence-electron chi connectivity index (χ3n) is 6.28. The largest absolute Gasteiger partial charge is 0.454 e. The third kappa shape index (κ3) is 5.51. The van der Waals surface area contributed by atoms with Crippen LogP contribution in [0.2, 0.25) is 0 Å². The van der Waals surface area contributed by atoms with Gasteiger partial charge in [0, 0.05) is 30.1 Å². The molecule has 0 unspecified atom stereocenters. The number of pyridine rings is 1. The fraction of sp³-hybridized carbons (Fsp3) is 0.385. The molecule has 1 aliphatic rings. The van der Waals surface area contributed by atoms with E-state index in [1.54, 1.807) is 0 Å². The van der Waals surface area contributed by atoms with Gasteiger partial charge in [0.1, 0.15) is 0 Å². The van der Waals surface area contributed by atoms with E-state index in [1.165, 1.54) is 0 Å². The number of hydrogen-bond acceptors (Lipinski definition) is 5. The van der Waals surface area contributed by atoms with Crippen LogP contribution >= 0.6 is 12.2 Å². The van der Waals surface area contributed by atoms with Crippen LogP contribution in [-0.2, 0) is 6.54 Å². The first-order valence-electron chi connectivity index (χ1n) is 11.8. The lowest BCUT2D eigenvalue weighted by molar-refractivity contribution is 0.174. The number of H-pyrrole nitrogens is 1. The smallest absolute Gasteiger partial charge is 0.253 e. The molecule has 8 heteroatoms. The van der Waals surface area contributed by atoms with Crippen molar-refractivity contribution in [3.05, 3.63) is 70.0 Å². The van der Waals surface area contributed by atoms with Gasteiger partial charge in [0.05, 0.1) is 18.1 Å². The number of likely N-dealkylation sites (N-methyl/N-ethyl adjacent to an activating group) is 1. The van der Waals surface area contributed by atoms with Crippen molar-refractivity contribution in [2.75, 3.05) is 33.0 Å². The van der Waals surface area contributed by atoms with Gasteiger partial charge in [0.25, 0.3) is 5.56 Å². The zero-order valence-electron chi connectivity index (χ0n) is 20.0. The molecule has 1 atom stereocenters. The van der Waals surface area contributed by atoms with E-state index in [9.17, 15) is 4.79 Å². The first kappa shape index (κ1) is 24.0. The molecule has 4 rings (SSSR count). The Labute approximate surface area is 205 Å². The molecule has 0 bridgehead atoms. The second-order valence-corrected chi connectivity index (χ2v) is 8.83. The van der Waals surface area contributed by atoms with Gasteiger partial charge in [-0.3, -0.25) is 4.79 Å². The summed E-state index contributed by atoms with van der Waals surface area (Å²) in [5.74, 6) is 1.34. The van der Waals surface area contributed by atoms with Crippen molar-refractivity contribution in [2.45, 2.75) is 33.4 Å².